The molecule has 0 radical (unpaired) electrons. The molecule has 1 amide bonds. The van der Waals surface area contributed by atoms with E-state index in [2.05, 4.69) is 21.2 Å². The molecule has 0 aliphatic rings. The number of benzene rings is 1. The minimum atomic E-state index is -1.53. The van der Waals surface area contributed by atoms with E-state index in [1.54, 1.807) is 20.8 Å². The van der Waals surface area contributed by atoms with Crippen LogP contribution in [0.15, 0.2) is 16.6 Å². The predicted octanol–water partition coefficient (Wildman–Crippen LogP) is 3.40. The number of rotatable bonds is 3. The van der Waals surface area contributed by atoms with Crippen LogP contribution in [0.5, 0.6) is 0 Å². The van der Waals surface area contributed by atoms with Crippen LogP contribution in [-0.4, -0.2) is 27.7 Å². The van der Waals surface area contributed by atoms with Crippen LogP contribution < -0.4 is 5.32 Å². The number of nitro benzene ring substituents is 1. The molecule has 1 aromatic carbocycles. The molecular weight excluding hydrogens is 348 g/mol. The highest BCUT2D eigenvalue weighted by Crippen LogP contribution is 2.31. The average molecular weight is 361 g/mol. The predicted molar refractivity (Wildman–Crippen MR) is 77.6 cm³/mol. The summed E-state index contributed by atoms with van der Waals surface area (Å²) in [5.41, 5.74) is -2.26. The summed E-state index contributed by atoms with van der Waals surface area (Å²) in [6, 6.07) is 2.30. The summed E-state index contributed by atoms with van der Waals surface area (Å²) in [4.78, 5) is 33.0. The van der Waals surface area contributed by atoms with Gasteiger partial charge in [-0.2, -0.15) is 0 Å². The molecular formula is C12H13BrN2O6. The molecule has 0 saturated carbocycles. The summed E-state index contributed by atoms with van der Waals surface area (Å²) in [7, 11) is 0. The Labute approximate surface area is 128 Å². The standard InChI is InChI=1S/C12H13BrN2O6/c1-12(2,3)21-11(18)14-7-4-6(13)5-8(15(19)20)9(7)10(16)17/h4-5H,1-3H3,(H,14,18)(H,16,17). The molecule has 2 N–H and O–H groups in total. The van der Waals surface area contributed by atoms with Crippen molar-refractivity contribution >= 4 is 39.4 Å². The first-order valence-corrected chi connectivity index (χ1v) is 6.52. The molecule has 0 heterocycles. The van der Waals surface area contributed by atoms with Gasteiger partial charge in [0.25, 0.3) is 5.69 Å². The van der Waals surface area contributed by atoms with Crippen molar-refractivity contribution in [3.63, 3.8) is 0 Å². The van der Waals surface area contributed by atoms with Gasteiger partial charge >= 0.3 is 12.1 Å². The van der Waals surface area contributed by atoms with Crippen LogP contribution in [0.3, 0.4) is 0 Å². The van der Waals surface area contributed by atoms with Crippen molar-refractivity contribution in [1.29, 1.82) is 0 Å². The molecule has 1 rings (SSSR count). The second-order valence-electron chi connectivity index (χ2n) is 5.04. The number of amides is 1. The maximum Gasteiger partial charge on any atom is 0.412 e. The van der Waals surface area contributed by atoms with E-state index in [0.717, 1.165) is 6.07 Å². The molecule has 0 aliphatic heterocycles. The average Bonchev–Trinajstić information content (AvgIpc) is 2.24. The zero-order chi connectivity index (χ0) is 16.4. The van der Waals surface area contributed by atoms with Crippen LogP contribution in [-0.2, 0) is 4.74 Å². The van der Waals surface area contributed by atoms with Gasteiger partial charge in [0.05, 0.1) is 10.6 Å². The summed E-state index contributed by atoms with van der Waals surface area (Å²) < 4.78 is 5.24. The minimum Gasteiger partial charge on any atom is -0.477 e. The number of ether oxygens (including phenoxy) is 1. The zero-order valence-corrected chi connectivity index (χ0v) is 13.1. The Hall–Kier alpha value is -2.16. The monoisotopic (exact) mass is 360 g/mol. The molecule has 0 atom stereocenters. The Kier molecular flexibility index (Phi) is 4.89. The Bertz CT molecular complexity index is 609. The number of halogens is 1. The van der Waals surface area contributed by atoms with Crippen molar-refractivity contribution in [3.05, 3.63) is 32.3 Å². The van der Waals surface area contributed by atoms with Gasteiger partial charge in [-0.1, -0.05) is 15.9 Å². The quantitative estimate of drug-likeness (QED) is 0.629. The van der Waals surface area contributed by atoms with Gasteiger partial charge in [0.2, 0.25) is 0 Å². The molecule has 0 aliphatic carbocycles. The SMILES string of the molecule is CC(C)(C)OC(=O)Nc1cc(Br)cc([N+](=O)[O-])c1C(=O)O. The number of anilines is 1. The van der Waals surface area contributed by atoms with Gasteiger partial charge in [-0.05, 0) is 26.8 Å². The molecule has 0 fully saturated rings. The minimum absolute atomic E-state index is 0.224. The Morgan fingerprint density at radius 1 is 1.38 bits per heavy atom. The number of nitrogens with one attached hydrogen (secondary N) is 1. The van der Waals surface area contributed by atoms with Crippen LogP contribution in [0.2, 0.25) is 0 Å². The maximum atomic E-state index is 11.7. The van der Waals surface area contributed by atoms with Crippen molar-refractivity contribution in [2.45, 2.75) is 26.4 Å². The van der Waals surface area contributed by atoms with Gasteiger partial charge in [0.15, 0.2) is 5.56 Å². The Morgan fingerprint density at radius 3 is 2.38 bits per heavy atom. The van der Waals surface area contributed by atoms with Gasteiger partial charge in [0, 0.05) is 10.5 Å². The van der Waals surface area contributed by atoms with Crippen molar-refractivity contribution in [1.82, 2.24) is 0 Å². The number of hydrogen-bond acceptors (Lipinski definition) is 5. The van der Waals surface area contributed by atoms with E-state index in [1.807, 2.05) is 0 Å². The lowest BCUT2D eigenvalue weighted by Crippen LogP contribution is -2.27. The lowest BCUT2D eigenvalue weighted by Gasteiger charge is -2.20. The van der Waals surface area contributed by atoms with Gasteiger partial charge < -0.3 is 9.84 Å². The largest absolute Gasteiger partial charge is 0.477 e. The van der Waals surface area contributed by atoms with E-state index in [-0.39, 0.29) is 10.2 Å². The first-order valence-electron chi connectivity index (χ1n) is 5.72. The second-order valence-corrected chi connectivity index (χ2v) is 5.95. The van der Waals surface area contributed by atoms with E-state index in [9.17, 15) is 19.7 Å². The third-order valence-electron chi connectivity index (χ3n) is 2.13. The first-order chi connectivity index (χ1) is 9.51. The number of carboxylic acids is 1. The maximum absolute atomic E-state index is 11.7. The molecule has 0 spiro atoms. The number of carboxylic acid groups (broad SMARTS) is 1. The number of nitro groups is 1. The molecule has 0 saturated heterocycles. The summed E-state index contributed by atoms with van der Waals surface area (Å²) in [6.07, 6.45) is -0.905. The third-order valence-corrected chi connectivity index (χ3v) is 2.59. The molecule has 21 heavy (non-hydrogen) atoms. The lowest BCUT2D eigenvalue weighted by molar-refractivity contribution is -0.385. The molecule has 9 heteroatoms. The first kappa shape index (κ1) is 16.9. The van der Waals surface area contributed by atoms with E-state index >= 15 is 0 Å². The fraction of sp³-hybridized carbons (Fsp3) is 0.333. The topological polar surface area (TPSA) is 119 Å². The highest BCUT2D eigenvalue weighted by atomic mass is 79.9. The van der Waals surface area contributed by atoms with Crippen molar-refractivity contribution in [2.75, 3.05) is 5.32 Å². The number of aromatic carboxylic acids is 1. The number of hydrogen-bond donors (Lipinski definition) is 2. The second kappa shape index (κ2) is 6.08. The summed E-state index contributed by atoms with van der Waals surface area (Å²) in [5.74, 6) is -1.53. The Balaban J connectivity index is 3.26. The van der Waals surface area contributed by atoms with Crippen molar-refractivity contribution in [3.8, 4) is 0 Å². The smallest absolute Gasteiger partial charge is 0.412 e. The van der Waals surface area contributed by atoms with Crippen LogP contribution in [0.4, 0.5) is 16.2 Å². The summed E-state index contributed by atoms with van der Waals surface area (Å²) >= 11 is 3.03. The molecule has 0 aromatic heterocycles. The molecule has 0 unspecified atom stereocenters. The van der Waals surface area contributed by atoms with Gasteiger partial charge in [-0.25, -0.2) is 9.59 Å². The van der Waals surface area contributed by atoms with Gasteiger partial charge in [0.1, 0.15) is 5.60 Å². The summed E-state index contributed by atoms with van der Waals surface area (Å²) in [6.45, 7) is 4.90. The highest BCUT2D eigenvalue weighted by Gasteiger charge is 2.27. The summed E-state index contributed by atoms with van der Waals surface area (Å²) in [5, 5.41) is 22.3. The van der Waals surface area contributed by atoms with Crippen LogP contribution >= 0.6 is 15.9 Å². The fourth-order valence-electron chi connectivity index (χ4n) is 1.47. The fourth-order valence-corrected chi connectivity index (χ4v) is 1.92. The third kappa shape index (κ3) is 4.71. The van der Waals surface area contributed by atoms with E-state index < -0.39 is 33.8 Å². The van der Waals surface area contributed by atoms with Crippen LogP contribution in [0, 0.1) is 10.1 Å². The normalized spacial score (nSPS) is 10.9. The molecule has 0 bridgehead atoms. The van der Waals surface area contributed by atoms with Gasteiger partial charge in [-0.3, -0.25) is 15.4 Å². The zero-order valence-electron chi connectivity index (χ0n) is 11.5. The van der Waals surface area contributed by atoms with Gasteiger partial charge in [-0.15, -0.1) is 0 Å². The lowest BCUT2D eigenvalue weighted by atomic mass is 10.1. The molecule has 8 nitrogen and oxygen atoms in total. The number of carbonyl (C=O) groups is 2. The Morgan fingerprint density at radius 2 is 1.95 bits per heavy atom. The van der Waals surface area contributed by atoms with Crippen LogP contribution in [0.25, 0.3) is 0 Å². The van der Waals surface area contributed by atoms with E-state index in [0.29, 0.717) is 0 Å². The molecule has 1 aromatic rings. The molecule has 114 valence electrons. The van der Waals surface area contributed by atoms with Crippen molar-refractivity contribution < 1.29 is 24.4 Å². The highest BCUT2D eigenvalue weighted by molar-refractivity contribution is 9.10. The van der Waals surface area contributed by atoms with E-state index in [4.69, 9.17) is 9.84 Å². The van der Waals surface area contributed by atoms with Crippen LogP contribution in [0.1, 0.15) is 31.1 Å². The number of carbonyl (C=O) groups excluding carboxylic acids is 1. The number of nitrogens with zero attached hydrogens (tertiary/aromatic N) is 1. The van der Waals surface area contributed by atoms with Crippen molar-refractivity contribution in [2.24, 2.45) is 0 Å². The van der Waals surface area contributed by atoms with E-state index in [1.165, 1.54) is 6.07 Å².